The first-order chi connectivity index (χ1) is 18.7. The lowest BCUT2D eigenvalue weighted by molar-refractivity contribution is -0.140. The van der Waals surface area contributed by atoms with Gasteiger partial charge in [-0.05, 0) is 49.6 Å². The van der Waals surface area contributed by atoms with Crippen LogP contribution in [0.1, 0.15) is 45.6 Å². The maximum absolute atomic E-state index is 13.9. The Kier molecular flexibility index (Phi) is 10.8. The molecule has 0 fully saturated rings. The summed E-state index contributed by atoms with van der Waals surface area (Å²) in [6, 6.07) is 11.2. The highest BCUT2D eigenvalue weighted by Crippen LogP contribution is 2.35. The monoisotopic (exact) mass is 561 g/mol. The highest BCUT2D eigenvalue weighted by atomic mass is 32.2. The second-order valence-corrected chi connectivity index (χ2v) is 11.4. The molecule has 39 heavy (non-hydrogen) atoms. The first kappa shape index (κ1) is 30.1. The molecule has 0 saturated heterocycles. The Morgan fingerprint density at radius 3 is 2.46 bits per heavy atom. The van der Waals surface area contributed by atoms with Gasteiger partial charge in [-0.15, -0.1) is 0 Å². The fraction of sp³-hybridized carbons (Fsp3) is 0.500. The van der Waals surface area contributed by atoms with E-state index in [0.717, 1.165) is 22.7 Å². The molecule has 0 aliphatic carbocycles. The third-order valence-corrected chi connectivity index (χ3v) is 8.24. The first-order valence-corrected chi connectivity index (χ1v) is 14.9. The van der Waals surface area contributed by atoms with Gasteiger partial charge in [-0.25, -0.2) is 8.42 Å². The molecule has 1 heterocycles. The number of nitrogens with one attached hydrogen (secondary N) is 1. The number of anilines is 1. The number of carbonyl (C=O) groups is 2. The van der Waals surface area contributed by atoms with Crippen molar-refractivity contribution in [3.63, 3.8) is 0 Å². The molecule has 2 amide bonds. The van der Waals surface area contributed by atoms with Crippen molar-refractivity contribution in [1.29, 1.82) is 0 Å². The largest absolute Gasteiger partial charge is 0.497 e. The minimum absolute atomic E-state index is 0.108. The topological polar surface area (TPSA) is 114 Å². The van der Waals surface area contributed by atoms with Gasteiger partial charge in [0.15, 0.2) is 11.5 Å². The molecule has 3 rings (SSSR count). The summed E-state index contributed by atoms with van der Waals surface area (Å²) in [5.74, 6) is 0.567. The van der Waals surface area contributed by atoms with E-state index in [1.165, 1.54) is 11.8 Å². The Bertz CT molecular complexity index is 1240. The molecule has 1 unspecified atom stereocenters. The van der Waals surface area contributed by atoms with Crippen molar-refractivity contribution in [2.45, 2.75) is 52.6 Å². The molecule has 0 aromatic heterocycles. The van der Waals surface area contributed by atoms with Crippen LogP contribution in [0.2, 0.25) is 0 Å². The van der Waals surface area contributed by atoms with E-state index >= 15 is 0 Å². The van der Waals surface area contributed by atoms with Gasteiger partial charge < -0.3 is 24.4 Å². The van der Waals surface area contributed by atoms with Gasteiger partial charge in [0, 0.05) is 19.2 Å². The predicted octanol–water partition coefficient (Wildman–Crippen LogP) is 3.35. The summed E-state index contributed by atoms with van der Waals surface area (Å²) < 4.78 is 44.0. The number of nitrogens with zero attached hydrogens (tertiary/aromatic N) is 2. The molecular formula is C28H39N3O7S. The summed E-state index contributed by atoms with van der Waals surface area (Å²) in [7, 11) is -2.30. The van der Waals surface area contributed by atoms with Gasteiger partial charge in [-0.2, -0.15) is 0 Å². The van der Waals surface area contributed by atoms with Crippen LogP contribution < -0.4 is 23.8 Å². The lowest BCUT2D eigenvalue weighted by Gasteiger charge is -2.33. The number of hydrogen-bond donors (Lipinski definition) is 1. The van der Waals surface area contributed by atoms with Crippen molar-refractivity contribution in [1.82, 2.24) is 10.2 Å². The molecule has 10 nitrogen and oxygen atoms in total. The summed E-state index contributed by atoms with van der Waals surface area (Å²) in [5, 5.41) is 2.92. The number of benzene rings is 2. The smallest absolute Gasteiger partial charge is 0.244 e. The normalized spacial score (nSPS) is 13.3. The zero-order chi connectivity index (χ0) is 28.4. The van der Waals surface area contributed by atoms with Crippen LogP contribution in [0.15, 0.2) is 42.5 Å². The Morgan fingerprint density at radius 1 is 1.05 bits per heavy atom. The summed E-state index contributed by atoms with van der Waals surface area (Å²) >= 11 is 0. The lowest BCUT2D eigenvalue weighted by Crippen LogP contribution is -2.52. The SMILES string of the molecule is CCCCNC(=O)C(CC)N(Cc1cccc(OC)c1)C(=O)CN(c1ccc2c(c1)OCCO2)S(=O)(=O)CC. The number of ether oxygens (including phenoxy) is 3. The molecule has 1 aliphatic heterocycles. The first-order valence-electron chi connectivity index (χ1n) is 13.3. The number of unbranched alkanes of at least 4 members (excludes halogenated alkanes) is 1. The number of rotatable bonds is 14. The van der Waals surface area contributed by atoms with Gasteiger partial charge in [-0.1, -0.05) is 32.4 Å². The lowest BCUT2D eigenvalue weighted by atomic mass is 10.1. The molecule has 2 aromatic carbocycles. The predicted molar refractivity (Wildman–Crippen MR) is 150 cm³/mol. The van der Waals surface area contributed by atoms with Crippen LogP contribution in [-0.2, 0) is 26.2 Å². The second kappa shape index (κ2) is 14.1. The highest BCUT2D eigenvalue weighted by Gasteiger charge is 2.33. The summed E-state index contributed by atoms with van der Waals surface area (Å²) in [6.07, 6.45) is 2.10. The van der Waals surface area contributed by atoms with Gasteiger partial charge in [-0.3, -0.25) is 13.9 Å². The fourth-order valence-corrected chi connectivity index (χ4v) is 5.35. The Labute approximate surface area is 231 Å². The van der Waals surface area contributed by atoms with Crippen LogP contribution in [0.3, 0.4) is 0 Å². The summed E-state index contributed by atoms with van der Waals surface area (Å²) in [5.41, 5.74) is 1.04. The van der Waals surface area contributed by atoms with Gasteiger partial charge in [0.25, 0.3) is 0 Å². The molecule has 2 aromatic rings. The van der Waals surface area contributed by atoms with E-state index < -0.39 is 28.5 Å². The van der Waals surface area contributed by atoms with E-state index in [4.69, 9.17) is 14.2 Å². The van der Waals surface area contributed by atoms with Crippen LogP contribution in [0.5, 0.6) is 17.2 Å². The number of hydrogen-bond acceptors (Lipinski definition) is 7. The Morgan fingerprint density at radius 2 is 1.79 bits per heavy atom. The number of amides is 2. The summed E-state index contributed by atoms with van der Waals surface area (Å²) in [4.78, 5) is 28.6. The Balaban J connectivity index is 1.96. The van der Waals surface area contributed by atoms with E-state index in [-0.39, 0.29) is 23.9 Å². The number of carbonyl (C=O) groups excluding carboxylic acids is 2. The average molecular weight is 562 g/mol. The minimum Gasteiger partial charge on any atom is -0.497 e. The van der Waals surface area contributed by atoms with Gasteiger partial charge in [0.05, 0.1) is 18.6 Å². The molecule has 1 aliphatic rings. The third kappa shape index (κ3) is 7.78. The van der Waals surface area contributed by atoms with Crippen LogP contribution in [0, 0.1) is 0 Å². The second-order valence-electron chi connectivity index (χ2n) is 9.18. The van der Waals surface area contributed by atoms with Crippen LogP contribution in [-0.4, -0.2) is 70.3 Å². The van der Waals surface area contributed by atoms with Crippen molar-refractivity contribution in [3.8, 4) is 17.2 Å². The van der Waals surface area contributed by atoms with Crippen molar-refractivity contribution in [2.75, 3.05) is 43.5 Å². The zero-order valence-corrected chi connectivity index (χ0v) is 24.0. The molecule has 11 heteroatoms. The minimum atomic E-state index is -3.85. The van der Waals surface area contributed by atoms with Crippen LogP contribution in [0.25, 0.3) is 0 Å². The maximum Gasteiger partial charge on any atom is 0.244 e. The fourth-order valence-electron chi connectivity index (χ4n) is 4.30. The molecule has 214 valence electrons. The van der Waals surface area contributed by atoms with Crippen LogP contribution in [0.4, 0.5) is 5.69 Å². The number of methoxy groups -OCH3 is 1. The van der Waals surface area contributed by atoms with Crippen molar-refractivity contribution < 1.29 is 32.2 Å². The standard InChI is InChI=1S/C28H39N3O7S/c1-5-8-14-29-28(33)24(6-2)30(19-21-10-9-11-23(17-21)36-4)27(32)20-31(39(34,35)7-3)22-12-13-25-26(18-22)38-16-15-37-25/h9-13,17-18,24H,5-8,14-16,19-20H2,1-4H3,(H,29,33). The van der Waals surface area contributed by atoms with Crippen molar-refractivity contribution in [3.05, 3.63) is 48.0 Å². The third-order valence-electron chi connectivity index (χ3n) is 6.50. The Hall–Kier alpha value is -3.47. The molecule has 1 N–H and O–H groups in total. The number of sulfonamides is 1. The average Bonchev–Trinajstić information content (AvgIpc) is 2.95. The van der Waals surface area contributed by atoms with E-state index in [2.05, 4.69) is 5.32 Å². The van der Waals surface area contributed by atoms with E-state index in [1.54, 1.807) is 37.4 Å². The number of fused-ring (bicyclic) bond motifs is 1. The molecule has 0 bridgehead atoms. The molecule has 0 saturated carbocycles. The highest BCUT2D eigenvalue weighted by molar-refractivity contribution is 7.92. The van der Waals surface area contributed by atoms with Gasteiger partial charge in [0.2, 0.25) is 21.8 Å². The van der Waals surface area contributed by atoms with Crippen molar-refractivity contribution >= 4 is 27.5 Å². The zero-order valence-electron chi connectivity index (χ0n) is 23.1. The molecule has 0 spiro atoms. The van der Waals surface area contributed by atoms with E-state index in [0.29, 0.717) is 43.4 Å². The van der Waals surface area contributed by atoms with Gasteiger partial charge >= 0.3 is 0 Å². The van der Waals surface area contributed by atoms with Crippen molar-refractivity contribution in [2.24, 2.45) is 0 Å². The van der Waals surface area contributed by atoms with Gasteiger partial charge in [0.1, 0.15) is 31.5 Å². The quantitative estimate of drug-likeness (QED) is 0.352. The van der Waals surface area contributed by atoms with Crippen LogP contribution >= 0.6 is 0 Å². The van der Waals surface area contributed by atoms with E-state index in [9.17, 15) is 18.0 Å². The van der Waals surface area contributed by atoms with E-state index in [1.807, 2.05) is 26.0 Å². The molecule has 0 radical (unpaired) electrons. The summed E-state index contributed by atoms with van der Waals surface area (Å²) in [6.45, 7) is 6.26. The maximum atomic E-state index is 13.9. The molecule has 1 atom stereocenters. The molecular weight excluding hydrogens is 522 g/mol.